The predicted molar refractivity (Wildman–Crippen MR) is 128 cm³/mol. The fourth-order valence-electron chi connectivity index (χ4n) is 5.56. The first-order chi connectivity index (χ1) is 15.5. The van der Waals surface area contributed by atoms with E-state index in [1.807, 2.05) is 24.3 Å². The number of hydrogen-bond acceptors (Lipinski definition) is 4. The van der Waals surface area contributed by atoms with Gasteiger partial charge in [-0.2, -0.15) is 0 Å². The first kappa shape index (κ1) is 21.1. The number of pyridine rings is 1. The van der Waals surface area contributed by atoms with E-state index in [4.69, 9.17) is 0 Å². The van der Waals surface area contributed by atoms with E-state index in [9.17, 15) is 9.59 Å². The second-order valence-corrected chi connectivity index (χ2v) is 10.3. The van der Waals surface area contributed by atoms with Gasteiger partial charge in [0.05, 0.1) is 10.3 Å². The molecule has 32 heavy (non-hydrogen) atoms. The Balaban J connectivity index is 1.47. The highest BCUT2D eigenvalue weighted by atomic mass is 32.1. The molecule has 0 spiro atoms. The number of likely N-dealkylation sites (tertiary alicyclic amines) is 1. The molecule has 2 amide bonds. The highest BCUT2D eigenvalue weighted by Gasteiger charge is 2.46. The molecule has 1 aliphatic carbocycles. The summed E-state index contributed by atoms with van der Waals surface area (Å²) >= 11 is 1.47. The van der Waals surface area contributed by atoms with Crippen molar-refractivity contribution in [3.8, 4) is 0 Å². The highest BCUT2D eigenvalue weighted by molar-refractivity contribution is 7.20. The van der Waals surface area contributed by atoms with Crippen LogP contribution in [0.2, 0.25) is 0 Å². The lowest BCUT2D eigenvalue weighted by atomic mass is 9.77. The number of nitrogens with zero attached hydrogens (tertiary/aromatic N) is 3. The van der Waals surface area contributed by atoms with Gasteiger partial charge in [-0.3, -0.25) is 9.59 Å². The largest absolute Gasteiger partial charge is 0.344 e. The zero-order chi connectivity index (χ0) is 22.3. The average Bonchev–Trinajstić information content (AvgIpc) is 3.57. The summed E-state index contributed by atoms with van der Waals surface area (Å²) in [7, 11) is 3.58. The van der Waals surface area contributed by atoms with Crippen LogP contribution in [-0.2, 0) is 10.2 Å². The van der Waals surface area contributed by atoms with E-state index in [0.29, 0.717) is 6.54 Å². The molecule has 3 heterocycles. The lowest BCUT2D eigenvalue weighted by Gasteiger charge is -2.33. The van der Waals surface area contributed by atoms with E-state index < -0.39 is 5.41 Å². The lowest BCUT2D eigenvalue weighted by Crippen LogP contribution is -2.44. The summed E-state index contributed by atoms with van der Waals surface area (Å²) in [6.45, 7) is 1.41. The monoisotopic (exact) mass is 447 g/mol. The quantitative estimate of drug-likeness (QED) is 0.576. The molecule has 1 saturated heterocycles. The Labute approximate surface area is 193 Å². The highest BCUT2D eigenvalue weighted by Crippen LogP contribution is 2.45. The summed E-state index contributed by atoms with van der Waals surface area (Å²) in [4.78, 5) is 36.8. The molecule has 1 aliphatic heterocycles. The summed E-state index contributed by atoms with van der Waals surface area (Å²) in [5, 5.41) is 1.06. The van der Waals surface area contributed by atoms with Crippen LogP contribution in [0.4, 0.5) is 0 Å². The third-order valence-electron chi connectivity index (χ3n) is 7.18. The molecule has 0 N–H and O–H groups in total. The van der Waals surface area contributed by atoms with Crippen LogP contribution in [0.15, 0.2) is 48.7 Å². The molecule has 0 radical (unpaired) electrons. The molecule has 1 saturated carbocycles. The predicted octanol–water partition coefficient (Wildman–Crippen LogP) is 4.83. The molecule has 5 nitrogen and oxygen atoms in total. The summed E-state index contributed by atoms with van der Waals surface area (Å²) in [6, 6.07) is 14.3. The van der Waals surface area contributed by atoms with Crippen LogP contribution in [0.3, 0.4) is 0 Å². The van der Waals surface area contributed by atoms with Gasteiger partial charge in [0.15, 0.2) is 0 Å². The Hall–Kier alpha value is -2.73. The van der Waals surface area contributed by atoms with Gasteiger partial charge in [0.1, 0.15) is 4.83 Å². The summed E-state index contributed by atoms with van der Waals surface area (Å²) < 4.78 is 0. The number of amides is 2. The van der Waals surface area contributed by atoms with Crippen LogP contribution in [-0.4, -0.2) is 53.8 Å². The molecule has 2 fully saturated rings. The SMILES string of the molecule is CN(C)C(=O)c1sc2ncccc2c1[C@@H]1CCN(C(=O)C2(c3ccccc3)CCCC2)C1. The molecular weight excluding hydrogens is 418 g/mol. The molecule has 166 valence electrons. The van der Waals surface area contributed by atoms with Crippen molar-refractivity contribution in [2.75, 3.05) is 27.2 Å². The van der Waals surface area contributed by atoms with Gasteiger partial charge in [-0.25, -0.2) is 4.98 Å². The van der Waals surface area contributed by atoms with Gasteiger partial charge < -0.3 is 9.80 Å². The Kier molecular flexibility index (Phi) is 5.49. The van der Waals surface area contributed by atoms with Gasteiger partial charge in [0, 0.05) is 44.7 Å². The molecule has 5 rings (SSSR count). The Morgan fingerprint density at radius 3 is 2.56 bits per heavy atom. The first-order valence-corrected chi connectivity index (χ1v) is 12.3. The molecule has 2 aliphatic rings. The second kappa shape index (κ2) is 8.32. The number of benzene rings is 1. The summed E-state index contributed by atoms with van der Waals surface area (Å²) in [6.07, 6.45) is 6.70. The van der Waals surface area contributed by atoms with E-state index >= 15 is 0 Å². The second-order valence-electron chi connectivity index (χ2n) is 9.29. The van der Waals surface area contributed by atoms with Gasteiger partial charge in [-0.1, -0.05) is 49.2 Å². The van der Waals surface area contributed by atoms with E-state index in [1.165, 1.54) is 11.3 Å². The third-order valence-corrected chi connectivity index (χ3v) is 8.30. The maximum atomic E-state index is 13.9. The average molecular weight is 448 g/mol. The minimum absolute atomic E-state index is 0.0179. The van der Waals surface area contributed by atoms with Crippen LogP contribution >= 0.6 is 11.3 Å². The van der Waals surface area contributed by atoms with Crippen LogP contribution < -0.4 is 0 Å². The third kappa shape index (κ3) is 3.41. The minimum atomic E-state index is -0.392. The van der Waals surface area contributed by atoms with E-state index in [2.05, 4.69) is 28.1 Å². The number of carbonyl (C=O) groups excluding carboxylic acids is 2. The van der Waals surface area contributed by atoms with Crippen LogP contribution in [0.5, 0.6) is 0 Å². The molecule has 1 atom stereocenters. The number of rotatable bonds is 4. The topological polar surface area (TPSA) is 53.5 Å². The number of fused-ring (bicyclic) bond motifs is 1. The number of carbonyl (C=O) groups is 2. The molecule has 1 aromatic carbocycles. The van der Waals surface area contributed by atoms with Crippen molar-refractivity contribution in [1.29, 1.82) is 0 Å². The van der Waals surface area contributed by atoms with Gasteiger partial charge in [-0.05, 0) is 36.5 Å². The number of aromatic nitrogens is 1. The molecule has 3 aromatic rings. The zero-order valence-electron chi connectivity index (χ0n) is 18.7. The standard InChI is InChI=1S/C26H29N3O2S/c1-28(2)24(30)22-21(20-11-8-15-27-23(20)32-22)18-12-16-29(17-18)25(31)26(13-6-7-14-26)19-9-4-3-5-10-19/h3-5,8-11,15,18H,6-7,12-14,16-17H2,1-2H3/t18-/m1/s1. The van der Waals surface area contributed by atoms with Crippen LogP contribution in [0, 0.1) is 0 Å². The van der Waals surface area contributed by atoms with Gasteiger partial charge in [0.25, 0.3) is 5.91 Å². The Bertz CT molecular complexity index is 1150. The molecule has 2 aromatic heterocycles. The molecule has 0 unspecified atom stereocenters. The van der Waals surface area contributed by atoms with Crippen molar-refractivity contribution in [3.63, 3.8) is 0 Å². The van der Waals surface area contributed by atoms with Crippen molar-refractivity contribution in [2.24, 2.45) is 0 Å². The van der Waals surface area contributed by atoms with Crippen molar-refractivity contribution >= 4 is 33.4 Å². The summed E-state index contributed by atoms with van der Waals surface area (Å²) in [5.74, 6) is 0.441. The first-order valence-electron chi connectivity index (χ1n) is 11.5. The maximum Gasteiger partial charge on any atom is 0.263 e. The fraction of sp³-hybridized carbons (Fsp3) is 0.423. The van der Waals surface area contributed by atoms with Crippen LogP contribution in [0.25, 0.3) is 10.2 Å². The Morgan fingerprint density at radius 1 is 1.09 bits per heavy atom. The van der Waals surface area contributed by atoms with Gasteiger partial charge in [0.2, 0.25) is 5.91 Å². The van der Waals surface area contributed by atoms with Crippen molar-refractivity contribution in [1.82, 2.24) is 14.8 Å². The van der Waals surface area contributed by atoms with Crippen molar-refractivity contribution in [3.05, 3.63) is 64.7 Å². The zero-order valence-corrected chi connectivity index (χ0v) is 19.5. The van der Waals surface area contributed by atoms with E-state index in [-0.39, 0.29) is 17.7 Å². The summed E-state index contributed by atoms with van der Waals surface area (Å²) in [5.41, 5.74) is 1.84. The van der Waals surface area contributed by atoms with E-state index in [0.717, 1.165) is 64.9 Å². The van der Waals surface area contributed by atoms with Gasteiger partial charge in [-0.15, -0.1) is 11.3 Å². The van der Waals surface area contributed by atoms with Gasteiger partial charge >= 0.3 is 0 Å². The Morgan fingerprint density at radius 2 is 1.84 bits per heavy atom. The van der Waals surface area contributed by atoms with Crippen molar-refractivity contribution in [2.45, 2.75) is 43.4 Å². The molecule has 6 heteroatoms. The number of hydrogen-bond donors (Lipinski definition) is 0. The fourth-order valence-corrected chi connectivity index (χ4v) is 6.81. The molecule has 0 bridgehead atoms. The smallest absolute Gasteiger partial charge is 0.263 e. The maximum absolute atomic E-state index is 13.9. The van der Waals surface area contributed by atoms with E-state index in [1.54, 1.807) is 25.2 Å². The lowest BCUT2D eigenvalue weighted by molar-refractivity contribution is -0.136. The minimum Gasteiger partial charge on any atom is -0.344 e. The molecular formula is C26H29N3O2S. The normalized spacial score (nSPS) is 20.1. The number of thiophene rings is 1. The van der Waals surface area contributed by atoms with Crippen molar-refractivity contribution < 1.29 is 9.59 Å². The van der Waals surface area contributed by atoms with Crippen LogP contribution in [0.1, 0.15) is 58.8 Å².